The van der Waals surface area contributed by atoms with E-state index in [-0.39, 0.29) is 0 Å². The first-order chi connectivity index (χ1) is 6.45. The molecule has 1 aromatic carbocycles. The normalized spacial score (nSPS) is 11.5. The molecule has 0 aromatic heterocycles. The Bertz CT molecular complexity index is 318. The highest BCUT2D eigenvalue weighted by molar-refractivity contribution is 5.37. The van der Waals surface area contributed by atoms with Crippen molar-refractivity contribution in [2.45, 2.75) is 20.0 Å². The lowest BCUT2D eigenvalue weighted by Crippen LogP contribution is -2.06. The van der Waals surface area contributed by atoms with E-state index in [1.807, 2.05) is 0 Å². The summed E-state index contributed by atoms with van der Waals surface area (Å²) < 4.78 is 41.9. The Labute approximate surface area is 80.5 Å². The highest BCUT2D eigenvalue weighted by Gasteiger charge is 2.30. The molecule has 0 saturated heterocycles. The van der Waals surface area contributed by atoms with Crippen LogP contribution in [0.1, 0.15) is 18.1 Å². The summed E-state index contributed by atoms with van der Waals surface area (Å²) in [6, 6.07) is 3.49. The highest BCUT2D eigenvalue weighted by Crippen LogP contribution is 2.32. The van der Waals surface area contributed by atoms with E-state index in [4.69, 9.17) is 4.74 Å². The fourth-order valence-corrected chi connectivity index (χ4v) is 1.09. The van der Waals surface area contributed by atoms with E-state index in [9.17, 15) is 13.2 Å². The average Bonchev–Trinajstić information content (AvgIpc) is 2.07. The summed E-state index contributed by atoms with van der Waals surface area (Å²) in [7, 11) is 0. The van der Waals surface area contributed by atoms with Crippen molar-refractivity contribution in [3.05, 3.63) is 29.3 Å². The molecular formula is C10H11F3O. The van der Waals surface area contributed by atoms with E-state index in [2.05, 4.69) is 0 Å². The highest BCUT2D eigenvalue weighted by atomic mass is 19.4. The van der Waals surface area contributed by atoms with Crippen LogP contribution in [0.5, 0.6) is 5.75 Å². The lowest BCUT2D eigenvalue weighted by molar-refractivity contribution is -0.137. The van der Waals surface area contributed by atoms with E-state index in [0.29, 0.717) is 17.9 Å². The number of halogens is 3. The molecule has 0 bridgehead atoms. The van der Waals surface area contributed by atoms with E-state index in [1.54, 1.807) is 13.8 Å². The largest absolute Gasteiger partial charge is 0.494 e. The third-order valence-corrected chi connectivity index (χ3v) is 1.82. The fraction of sp³-hybridized carbons (Fsp3) is 0.400. The molecule has 4 heteroatoms. The first-order valence-electron chi connectivity index (χ1n) is 4.25. The molecule has 0 fully saturated rings. The molecule has 1 nitrogen and oxygen atoms in total. The summed E-state index contributed by atoms with van der Waals surface area (Å²) in [5.41, 5.74) is 0.0337. The molecule has 0 saturated carbocycles. The molecule has 0 aliphatic heterocycles. The molecule has 1 aromatic rings. The van der Waals surface area contributed by atoms with Gasteiger partial charge >= 0.3 is 6.18 Å². The van der Waals surface area contributed by atoms with Gasteiger partial charge in [0, 0.05) is 0 Å². The number of benzene rings is 1. The zero-order valence-electron chi connectivity index (χ0n) is 7.98. The van der Waals surface area contributed by atoms with Crippen LogP contribution in [0, 0.1) is 6.92 Å². The van der Waals surface area contributed by atoms with Crippen molar-refractivity contribution < 1.29 is 17.9 Å². The SMILES string of the molecule is CCOc1cc(C(F)(F)F)ccc1C. The monoisotopic (exact) mass is 204 g/mol. The molecule has 0 aliphatic carbocycles. The number of hydrogen-bond donors (Lipinski definition) is 0. The van der Waals surface area contributed by atoms with Gasteiger partial charge in [0.15, 0.2) is 0 Å². The molecule has 0 radical (unpaired) electrons. The molecule has 0 unspecified atom stereocenters. The standard InChI is InChI=1S/C10H11F3O/c1-3-14-9-6-8(10(11,12)13)5-4-7(9)2/h4-6H,3H2,1-2H3. The van der Waals surface area contributed by atoms with Gasteiger partial charge in [0.05, 0.1) is 12.2 Å². The van der Waals surface area contributed by atoms with Crippen molar-refractivity contribution >= 4 is 0 Å². The van der Waals surface area contributed by atoms with Crippen LogP contribution in [0.15, 0.2) is 18.2 Å². The van der Waals surface area contributed by atoms with E-state index < -0.39 is 11.7 Å². The first kappa shape index (κ1) is 10.9. The summed E-state index contributed by atoms with van der Waals surface area (Å²) in [4.78, 5) is 0. The summed E-state index contributed by atoms with van der Waals surface area (Å²) >= 11 is 0. The molecule has 0 atom stereocenters. The Kier molecular flexibility index (Phi) is 3.03. The number of hydrogen-bond acceptors (Lipinski definition) is 1. The van der Waals surface area contributed by atoms with Crippen molar-refractivity contribution in [1.82, 2.24) is 0 Å². The molecule has 0 spiro atoms. The maximum absolute atomic E-state index is 12.3. The summed E-state index contributed by atoms with van der Waals surface area (Å²) in [5, 5.41) is 0. The quantitative estimate of drug-likeness (QED) is 0.717. The van der Waals surface area contributed by atoms with Gasteiger partial charge in [-0.2, -0.15) is 13.2 Å². The van der Waals surface area contributed by atoms with Crippen LogP contribution in [-0.4, -0.2) is 6.61 Å². The van der Waals surface area contributed by atoms with Gasteiger partial charge in [-0.05, 0) is 31.5 Å². The smallest absolute Gasteiger partial charge is 0.416 e. The minimum atomic E-state index is -4.31. The van der Waals surface area contributed by atoms with Crippen LogP contribution in [-0.2, 0) is 6.18 Å². The molecule has 14 heavy (non-hydrogen) atoms. The minimum absolute atomic E-state index is 0.294. The second-order valence-corrected chi connectivity index (χ2v) is 2.91. The van der Waals surface area contributed by atoms with Crippen LogP contribution >= 0.6 is 0 Å². The van der Waals surface area contributed by atoms with E-state index in [0.717, 1.165) is 12.1 Å². The summed E-state index contributed by atoms with van der Waals surface area (Å²) in [5.74, 6) is 0.294. The van der Waals surface area contributed by atoms with Crippen LogP contribution in [0.2, 0.25) is 0 Å². The third kappa shape index (κ3) is 2.40. The molecule has 1 rings (SSSR count). The van der Waals surface area contributed by atoms with Crippen LogP contribution in [0.25, 0.3) is 0 Å². The molecule has 0 N–H and O–H groups in total. The number of rotatable bonds is 2. The van der Waals surface area contributed by atoms with Crippen LogP contribution < -0.4 is 4.74 Å². The van der Waals surface area contributed by atoms with E-state index >= 15 is 0 Å². The van der Waals surface area contributed by atoms with Crippen molar-refractivity contribution in [3.63, 3.8) is 0 Å². The lowest BCUT2D eigenvalue weighted by Gasteiger charge is -2.11. The topological polar surface area (TPSA) is 9.23 Å². The van der Waals surface area contributed by atoms with Gasteiger partial charge in [0.1, 0.15) is 5.75 Å². The summed E-state index contributed by atoms with van der Waals surface area (Å²) in [6.07, 6.45) is -4.31. The number of alkyl halides is 3. The Morgan fingerprint density at radius 2 is 1.93 bits per heavy atom. The Morgan fingerprint density at radius 1 is 1.29 bits per heavy atom. The average molecular weight is 204 g/mol. The van der Waals surface area contributed by atoms with Crippen LogP contribution in [0.3, 0.4) is 0 Å². The van der Waals surface area contributed by atoms with Gasteiger partial charge in [-0.25, -0.2) is 0 Å². The van der Waals surface area contributed by atoms with Crippen molar-refractivity contribution in [1.29, 1.82) is 0 Å². The lowest BCUT2D eigenvalue weighted by atomic mass is 10.1. The zero-order valence-corrected chi connectivity index (χ0v) is 7.98. The van der Waals surface area contributed by atoms with Gasteiger partial charge in [-0.15, -0.1) is 0 Å². The third-order valence-electron chi connectivity index (χ3n) is 1.82. The number of ether oxygens (including phenoxy) is 1. The van der Waals surface area contributed by atoms with Gasteiger partial charge in [-0.3, -0.25) is 0 Å². The second-order valence-electron chi connectivity index (χ2n) is 2.91. The molecular weight excluding hydrogens is 193 g/mol. The van der Waals surface area contributed by atoms with Crippen molar-refractivity contribution in [3.8, 4) is 5.75 Å². The first-order valence-corrected chi connectivity index (χ1v) is 4.25. The van der Waals surface area contributed by atoms with Gasteiger partial charge in [0.2, 0.25) is 0 Å². The minimum Gasteiger partial charge on any atom is -0.494 e. The van der Waals surface area contributed by atoms with E-state index in [1.165, 1.54) is 6.07 Å². The maximum atomic E-state index is 12.3. The second kappa shape index (κ2) is 3.90. The van der Waals surface area contributed by atoms with Gasteiger partial charge < -0.3 is 4.74 Å². The van der Waals surface area contributed by atoms with Gasteiger partial charge in [0.25, 0.3) is 0 Å². The Balaban J connectivity index is 3.06. The molecule has 0 aliphatic rings. The molecule has 0 heterocycles. The predicted octanol–water partition coefficient (Wildman–Crippen LogP) is 3.41. The van der Waals surface area contributed by atoms with Crippen molar-refractivity contribution in [2.24, 2.45) is 0 Å². The molecule has 0 amide bonds. The molecule has 78 valence electrons. The maximum Gasteiger partial charge on any atom is 0.416 e. The Morgan fingerprint density at radius 3 is 2.43 bits per heavy atom. The number of aryl methyl sites for hydroxylation is 1. The Hall–Kier alpha value is -1.19. The van der Waals surface area contributed by atoms with Crippen molar-refractivity contribution in [2.75, 3.05) is 6.61 Å². The zero-order chi connectivity index (χ0) is 10.8. The van der Waals surface area contributed by atoms with Gasteiger partial charge in [-0.1, -0.05) is 6.07 Å². The predicted molar refractivity (Wildman–Crippen MR) is 47.4 cm³/mol. The summed E-state index contributed by atoms with van der Waals surface area (Å²) in [6.45, 7) is 3.81. The fourth-order valence-electron chi connectivity index (χ4n) is 1.09. The van der Waals surface area contributed by atoms with Crippen LogP contribution in [0.4, 0.5) is 13.2 Å².